The monoisotopic (exact) mass is 346 g/mol. The molecule has 3 rings (SSSR count). The summed E-state index contributed by atoms with van der Waals surface area (Å²) in [5.41, 5.74) is 0. The van der Waals surface area contributed by atoms with E-state index in [2.05, 4.69) is 0 Å². The summed E-state index contributed by atoms with van der Waals surface area (Å²) in [5, 5.41) is 11.3. The molecule has 0 aliphatic rings. The maximum atomic E-state index is 10.1. The van der Waals surface area contributed by atoms with Crippen molar-refractivity contribution in [3.8, 4) is 28.7 Å². The lowest BCUT2D eigenvalue weighted by Gasteiger charge is -2.13. The minimum absolute atomic E-state index is 0.0218. The lowest BCUT2D eigenvalue weighted by Crippen LogP contribution is -1.91. The molecule has 0 aliphatic carbocycles. The Bertz CT molecular complexity index is 800. The number of aromatic hydroxyl groups is 1. The number of hydrogen-bond donors (Lipinski definition) is 1. The fourth-order valence-electron chi connectivity index (χ4n) is 1.94. The van der Waals surface area contributed by atoms with Crippen LogP contribution < -0.4 is 9.47 Å². The van der Waals surface area contributed by atoms with Gasteiger partial charge in [0.15, 0.2) is 11.5 Å². The topological polar surface area (TPSA) is 38.7 Å². The largest absolute Gasteiger partial charge is 0.504 e. The predicted octanol–water partition coefficient (Wildman–Crippen LogP) is 6.28. The third-order valence-electron chi connectivity index (χ3n) is 3.03. The molecular formula is C18H12Cl2O3. The summed E-state index contributed by atoms with van der Waals surface area (Å²) in [6.07, 6.45) is 0. The molecule has 3 aromatic carbocycles. The van der Waals surface area contributed by atoms with E-state index in [4.69, 9.17) is 32.7 Å². The van der Waals surface area contributed by atoms with E-state index < -0.39 is 0 Å². The van der Waals surface area contributed by atoms with E-state index in [1.807, 2.05) is 0 Å². The molecule has 0 saturated carbocycles. The Kier molecular flexibility index (Phi) is 4.60. The Morgan fingerprint density at radius 1 is 0.652 bits per heavy atom. The van der Waals surface area contributed by atoms with Gasteiger partial charge < -0.3 is 14.6 Å². The van der Waals surface area contributed by atoms with Crippen LogP contribution in [0.1, 0.15) is 0 Å². The van der Waals surface area contributed by atoms with Crippen LogP contribution in [0.25, 0.3) is 0 Å². The molecule has 3 nitrogen and oxygen atoms in total. The number of benzene rings is 3. The molecule has 5 heteroatoms. The van der Waals surface area contributed by atoms with Gasteiger partial charge in [-0.15, -0.1) is 0 Å². The average molecular weight is 347 g/mol. The van der Waals surface area contributed by atoms with Crippen LogP contribution in [-0.4, -0.2) is 5.11 Å². The molecule has 0 radical (unpaired) electrons. The van der Waals surface area contributed by atoms with E-state index in [0.717, 1.165) is 0 Å². The van der Waals surface area contributed by atoms with Gasteiger partial charge in [-0.3, -0.25) is 0 Å². The molecular weight excluding hydrogens is 335 g/mol. The Morgan fingerprint density at radius 2 is 1.17 bits per heavy atom. The number of rotatable bonds is 4. The van der Waals surface area contributed by atoms with Crippen molar-refractivity contribution in [2.24, 2.45) is 0 Å². The lowest BCUT2D eigenvalue weighted by atomic mass is 10.2. The Morgan fingerprint density at radius 3 is 1.74 bits per heavy atom. The summed E-state index contributed by atoms with van der Waals surface area (Å²) in [4.78, 5) is 0. The fraction of sp³-hybridized carbons (Fsp3) is 0. The van der Waals surface area contributed by atoms with Gasteiger partial charge in [0, 0.05) is 10.0 Å². The van der Waals surface area contributed by atoms with Gasteiger partial charge in [-0.2, -0.15) is 0 Å². The predicted molar refractivity (Wildman–Crippen MR) is 91.2 cm³/mol. The van der Waals surface area contributed by atoms with Gasteiger partial charge in [0.25, 0.3) is 0 Å². The van der Waals surface area contributed by atoms with Crippen LogP contribution in [0, 0.1) is 0 Å². The third-order valence-corrected chi connectivity index (χ3v) is 3.54. The first-order chi connectivity index (χ1) is 11.1. The van der Waals surface area contributed by atoms with Gasteiger partial charge in [-0.25, -0.2) is 0 Å². The maximum Gasteiger partial charge on any atom is 0.211 e. The summed E-state index contributed by atoms with van der Waals surface area (Å²) in [7, 11) is 0. The van der Waals surface area contributed by atoms with E-state index >= 15 is 0 Å². The summed E-state index contributed by atoms with van der Waals surface area (Å²) < 4.78 is 11.5. The third kappa shape index (κ3) is 3.89. The summed E-state index contributed by atoms with van der Waals surface area (Å²) in [6.45, 7) is 0. The molecule has 0 saturated heterocycles. The van der Waals surface area contributed by atoms with E-state index in [-0.39, 0.29) is 11.5 Å². The first-order valence-corrected chi connectivity index (χ1v) is 7.56. The molecule has 0 heterocycles. The smallest absolute Gasteiger partial charge is 0.211 e. The van der Waals surface area contributed by atoms with Crippen molar-refractivity contribution in [3.63, 3.8) is 0 Å². The minimum Gasteiger partial charge on any atom is -0.504 e. The van der Waals surface area contributed by atoms with Crippen molar-refractivity contribution in [1.82, 2.24) is 0 Å². The number of halogens is 2. The summed E-state index contributed by atoms with van der Waals surface area (Å²) >= 11 is 11.7. The molecule has 23 heavy (non-hydrogen) atoms. The van der Waals surface area contributed by atoms with Crippen LogP contribution in [-0.2, 0) is 0 Å². The molecule has 0 aromatic heterocycles. The summed E-state index contributed by atoms with van der Waals surface area (Å²) in [6, 6.07) is 18.7. The average Bonchev–Trinajstić information content (AvgIpc) is 2.55. The van der Waals surface area contributed by atoms with Gasteiger partial charge >= 0.3 is 0 Å². The first-order valence-electron chi connectivity index (χ1n) is 6.80. The quantitative estimate of drug-likeness (QED) is 0.603. The van der Waals surface area contributed by atoms with Crippen molar-refractivity contribution in [2.75, 3.05) is 0 Å². The van der Waals surface area contributed by atoms with Crippen molar-refractivity contribution < 1.29 is 14.6 Å². The van der Waals surface area contributed by atoms with Crippen molar-refractivity contribution in [2.45, 2.75) is 0 Å². The number of hydrogen-bond acceptors (Lipinski definition) is 3. The maximum absolute atomic E-state index is 10.1. The molecule has 0 aliphatic heterocycles. The highest BCUT2D eigenvalue weighted by atomic mass is 35.5. The van der Waals surface area contributed by atoms with Crippen molar-refractivity contribution >= 4 is 23.2 Å². The fourth-order valence-corrected chi connectivity index (χ4v) is 2.19. The highest BCUT2D eigenvalue weighted by molar-refractivity contribution is 6.30. The van der Waals surface area contributed by atoms with Crippen LogP contribution in [0.3, 0.4) is 0 Å². The molecule has 3 aromatic rings. The second kappa shape index (κ2) is 6.82. The highest BCUT2D eigenvalue weighted by Crippen LogP contribution is 2.41. The Balaban J connectivity index is 1.90. The van der Waals surface area contributed by atoms with E-state index in [9.17, 15) is 5.11 Å². The molecule has 0 spiro atoms. The zero-order chi connectivity index (χ0) is 16.2. The number of ether oxygens (including phenoxy) is 2. The number of para-hydroxylation sites is 1. The second-order valence-electron chi connectivity index (χ2n) is 4.72. The van der Waals surface area contributed by atoms with Crippen molar-refractivity contribution in [3.05, 3.63) is 76.8 Å². The summed E-state index contributed by atoms with van der Waals surface area (Å²) in [5.74, 6) is 1.72. The van der Waals surface area contributed by atoms with Crippen LogP contribution in [0.15, 0.2) is 66.7 Å². The van der Waals surface area contributed by atoms with Gasteiger partial charge in [-0.1, -0.05) is 29.3 Å². The zero-order valence-corrected chi connectivity index (χ0v) is 13.4. The van der Waals surface area contributed by atoms with Crippen molar-refractivity contribution in [1.29, 1.82) is 0 Å². The normalized spacial score (nSPS) is 10.3. The van der Waals surface area contributed by atoms with Gasteiger partial charge in [0.2, 0.25) is 5.75 Å². The standard InChI is InChI=1S/C18H12Cl2O3/c19-12-4-8-14(9-5-12)22-17-3-1-2-16(21)18(17)23-15-10-6-13(20)7-11-15/h1-11,21H. The van der Waals surface area contributed by atoms with Crippen LogP contribution in [0.2, 0.25) is 10.0 Å². The molecule has 0 unspecified atom stereocenters. The molecule has 116 valence electrons. The van der Waals surface area contributed by atoms with Crippen LogP contribution in [0.5, 0.6) is 28.7 Å². The molecule has 0 atom stereocenters. The molecule has 1 N–H and O–H groups in total. The lowest BCUT2D eigenvalue weighted by molar-refractivity contribution is 0.381. The Hall–Kier alpha value is -2.36. The molecule has 0 amide bonds. The van der Waals surface area contributed by atoms with Crippen LogP contribution >= 0.6 is 23.2 Å². The number of phenols is 1. The zero-order valence-electron chi connectivity index (χ0n) is 11.9. The van der Waals surface area contributed by atoms with E-state index in [0.29, 0.717) is 27.3 Å². The SMILES string of the molecule is Oc1cccc(Oc2ccc(Cl)cc2)c1Oc1ccc(Cl)cc1. The first kappa shape index (κ1) is 15.5. The number of phenolic OH excluding ortho intramolecular Hbond substituents is 1. The van der Waals surface area contributed by atoms with Crippen LogP contribution in [0.4, 0.5) is 0 Å². The highest BCUT2D eigenvalue weighted by Gasteiger charge is 2.13. The van der Waals surface area contributed by atoms with E-state index in [1.165, 1.54) is 6.07 Å². The van der Waals surface area contributed by atoms with Gasteiger partial charge in [0.05, 0.1) is 0 Å². The van der Waals surface area contributed by atoms with E-state index in [1.54, 1.807) is 60.7 Å². The van der Waals surface area contributed by atoms with Gasteiger partial charge in [-0.05, 0) is 60.7 Å². The molecule has 0 fully saturated rings. The molecule has 0 bridgehead atoms. The minimum atomic E-state index is -0.0218. The second-order valence-corrected chi connectivity index (χ2v) is 5.59. The Labute approximate surface area is 143 Å². The van der Waals surface area contributed by atoms with Gasteiger partial charge in [0.1, 0.15) is 11.5 Å².